The number of terminal acetylenes is 1. The van der Waals surface area contributed by atoms with Crippen LogP contribution in [0.5, 0.6) is 5.75 Å². The highest BCUT2D eigenvalue weighted by Crippen LogP contribution is 2.24. The molecule has 0 amide bonds. The Morgan fingerprint density at radius 1 is 1.15 bits per heavy atom. The van der Waals surface area contributed by atoms with E-state index in [0.29, 0.717) is 5.75 Å². The van der Waals surface area contributed by atoms with Gasteiger partial charge in [0.1, 0.15) is 29.1 Å². The predicted octanol–water partition coefficient (Wildman–Crippen LogP) is 2.74. The second-order valence-corrected chi connectivity index (χ2v) is 4.44. The number of nitrogens with zero attached hydrogens (tertiary/aromatic N) is 3. The molecule has 3 rings (SSSR count). The van der Waals surface area contributed by atoms with Gasteiger partial charge in [0.15, 0.2) is 0 Å². The fourth-order valence-electron chi connectivity index (χ4n) is 1.99. The molecule has 98 valence electrons. The first-order chi connectivity index (χ1) is 9.78. The monoisotopic (exact) mass is 263 g/mol. The molecule has 0 bridgehead atoms. The zero-order chi connectivity index (χ0) is 13.9. The number of benzene rings is 2. The number of aromatic nitrogens is 3. The molecule has 0 fully saturated rings. The Bertz CT molecular complexity index is 766. The first kappa shape index (κ1) is 12.2. The van der Waals surface area contributed by atoms with E-state index in [2.05, 4.69) is 16.1 Å². The zero-order valence-electron chi connectivity index (χ0n) is 11.1. The Kier molecular flexibility index (Phi) is 3.10. The average Bonchev–Trinajstić information content (AvgIpc) is 2.89. The molecule has 0 radical (unpaired) electrons. The smallest absolute Gasteiger partial charge is 0.148 e. The van der Waals surface area contributed by atoms with Crippen LogP contribution >= 0.6 is 0 Å². The molecule has 0 spiro atoms. The van der Waals surface area contributed by atoms with Crippen molar-refractivity contribution in [3.8, 4) is 23.8 Å². The fourth-order valence-corrected chi connectivity index (χ4v) is 1.99. The summed E-state index contributed by atoms with van der Waals surface area (Å²) in [7, 11) is 0. The Hall–Kier alpha value is -2.80. The largest absolute Gasteiger partial charge is 0.479 e. The van der Waals surface area contributed by atoms with E-state index < -0.39 is 0 Å². The molecule has 4 heteroatoms. The minimum Gasteiger partial charge on any atom is -0.479 e. The number of fused-ring (bicyclic) bond motifs is 1. The average molecular weight is 263 g/mol. The van der Waals surface area contributed by atoms with Gasteiger partial charge in [0.25, 0.3) is 0 Å². The molecule has 0 unspecified atom stereocenters. The molecule has 2 aromatic carbocycles. The van der Waals surface area contributed by atoms with Gasteiger partial charge in [-0.1, -0.05) is 24.1 Å². The number of rotatable bonds is 3. The Balaban J connectivity index is 2.12. The molecule has 0 atom stereocenters. The van der Waals surface area contributed by atoms with Gasteiger partial charge in [-0.3, -0.25) is 0 Å². The van der Waals surface area contributed by atoms with Crippen molar-refractivity contribution in [2.75, 3.05) is 6.61 Å². The van der Waals surface area contributed by atoms with E-state index in [4.69, 9.17) is 11.2 Å². The minimum atomic E-state index is 0.219. The Morgan fingerprint density at radius 2 is 1.85 bits per heavy atom. The lowest BCUT2D eigenvalue weighted by atomic mass is 10.2. The molecule has 0 saturated carbocycles. The molecule has 1 heterocycles. The zero-order valence-corrected chi connectivity index (χ0v) is 11.1. The molecule has 0 aliphatic rings. The Morgan fingerprint density at radius 3 is 2.50 bits per heavy atom. The molecule has 3 aromatic rings. The molecule has 0 N–H and O–H groups in total. The summed E-state index contributed by atoms with van der Waals surface area (Å²) in [6.45, 7) is 2.23. The van der Waals surface area contributed by atoms with Crippen LogP contribution in [0.2, 0.25) is 0 Å². The summed E-state index contributed by atoms with van der Waals surface area (Å²) < 4.78 is 5.55. The van der Waals surface area contributed by atoms with E-state index >= 15 is 0 Å². The second kappa shape index (κ2) is 5.06. The van der Waals surface area contributed by atoms with E-state index in [-0.39, 0.29) is 6.61 Å². The number of hydrogen-bond acceptors (Lipinski definition) is 3. The van der Waals surface area contributed by atoms with Gasteiger partial charge < -0.3 is 4.74 Å². The third-order valence-electron chi connectivity index (χ3n) is 2.93. The summed E-state index contributed by atoms with van der Waals surface area (Å²) in [6, 6.07) is 13.6. The van der Waals surface area contributed by atoms with Crippen LogP contribution in [0.4, 0.5) is 0 Å². The van der Waals surface area contributed by atoms with Gasteiger partial charge in [-0.2, -0.15) is 0 Å². The van der Waals surface area contributed by atoms with Gasteiger partial charge >= 0.3 is 0 Å². The van der Waals surface area contributed by atoms with Gasteiger partial charge in [-0.15, -0.1) is 21.4 Å². The van der Waals surface area contributed by atoms with E-state index in [1.165, 1.54) is 0 Å². The van der Waals surface area contributed by atoms with Crippen molar-refractivity contribution >= 4 is 11.0 Å². The summed E-state index contributed by atoms with van der Waals surface area (Å²) in [5.74, 6) is 3.14. The summed E-state index contributed by atoms with van der Waals surface area (Å²) in [5, 5.41) is 8.93. The van der Waals surface area contributed by atoms with Crippen LogP contribution in [0.15, 0.2) is 42.5 Å². The van der Waals surface area contributed by atoms with Crippen molar-refractivity contribution < 1.29 is 4.74 Å². The van der Waals surface area contributed by atoms with Gasteiger partial charge in [-0.05, 0) is 36.8 Å². The quantitative estimate of drug-likeness (QED) is 0.682. The van der Waals surface area contributed by atoms with E-state index in [1.807, 2.05) is 49.4 Å². The maximum absolute atomic E-state index is 5.55. The molecule has 0 saturated heterocycles. The lowest BCUT2D eigenvalue weighted by molar-refractivity contribution is 0.367. The summed E-state index contributed by atoms with van der Waals surface area (Å²) in [4.78, 5) is 1.59. The normalized spacial score (nSPS) is 10.4. The van der Waals surface area contributed by atoms with Gasteiger partial charge in [-0.25, -0.2) is 0 Å². The third-order valence-corrected chi connectivity index (χ3v) is 2.93. The molecule has 1 aromatic heterocycles. The molecule has 4 nitrogen and oxygen atoms in total. The summed E-state index contributed by atoms with van der Waals surface area (Å²) >= 11 is 0. The summed E-state index contributed by atoms with van der Waals surface area (Å²) in [5.41, 5.74) is 3.58. The Labute approximate surface area is 117 Å². The number of aryl methyl sites for hydroxylation is 1. The number of hydrogen-bond donors (Lipinski definition) is 0. The van der Waals surface area contributed by atoms with E-state index in [9.17, 15) is 0 Å². The maximum Gasteiger partial charge on any atom is 0.148 e. The van der Waals surface area contributed by atoms with E-state index in [1.54, 1.807) is 4.80 Å². The van der Waals surface area contributed by atoms with Crippen molar-refractivity contribution in [3.63, 3.8) is 0 Å². The molecule has 20 heavy (non-hydrogen) atoms. The fraction of sp³-hybridized carbons (Fsp3) is 0.125. The predicted molar refractivity (Wildman–Crippen MR) is 77.9 cm³/mol. The first-order valence-corrected chi connectivity index (χ1v) is 6.27. The van der Waals surface area contributed by atoms with Gasteiger partial charge in [0.2, 0.25) is 0 Å². The summed E-state index contributed by atoms with van der Waals surface area (Å²) in [6.07, 6.45) is 5.24. The van der Waals surface area contributed by atoms with E-state index in [0.717, 1.165) is 22.3 Å². The minimum absolute atomic E-state index is 0.219. The molecular formula is C16H13N3O. The maximum atomic E-state index is 5.55. The van der Waals surface area contributed by atoms with Crippen molar-refractivity contribution in [3.05, 3.63) is 48.0 Å². The van der Waals surface area contributed by atoms with Crippen LogP contribution in [0.1, 0.15) is 5.56 Å². The van der Waals surface area contributed by atoms with Crippen LogP contribution < -0.4 is 4.74 Å². The van der Waals surface area contributed by atoms with Gasteiger partial charge in [0, 0.05) is 0 Å². The van der Waals surface area contributed by atoms with Crippen LogP contribution in [0, 0.1) is 19.3 Å². The first-order valence-electron chi connectivity index (χ1n) is 6.27. The molecule has 0 aliphatic carbocycles. The van der Waals surface area contributed by atoms with Crippen LogP contribution in [0.3, 0.4) is 0 Å². The van der Waals surface area contributed by atoms with Crippen molar-refractivity contribution in [1.82, 2.24) is 15.0 Å². The highest BCUT2D eigenvalue weighted by molar-refractivity contribution is 5.73. The molecule has 0 aliphatic heterocycles. The number of ether oxygens (including phenoxy) is 1. The SMILES string of the molecule is C#CCOc1ccc(C)cc1-n1nc2ccccc2n1. The van der Waals surface area contributed by atoms with Crippen LogP contribution in [-0.2, 0) is 0 Å². The topological polar surface area (TPSA) is 39.9 Å². The lowest BCUT2D eigenvalue weighted by Gasteiger charge is -2.09. The van der Waals surface area contributed by atoms with Crippen molar-refractivity contribution in [2.45, 2.75) is 6.92 Å². The highest BCUT2D eigenvalue weighted by atomic mass is 16.5. The van der Waals surface area contributed by atoms with Crippen LogP contribution in [-0.4, -0.2) is 21.6 Å². The highest BCUT2D eigenvalue weighted by Gasteiger charge is 2.10. The van der Waals surface area contributed by atoms with Crippen LogP contribution in [0.25, 0.3) is 16.7 Å². The second-order valence-electron chi connectivity index (χ2n) is 4.44. The third kappa shape index (κ3) is 2.21. The standard InChI is InChI=1S/C16H13N3O/c1-3-10-20-16-9-8-12(2)11-15(16)19-17-13-6-4-5-7-14(13)18-19/h1,4-9,11H,10H2,2H3. The van der Waals surface area contributed by atoms with Crippen molar-refractivity contribution in [2.24, 2.45) is 0 Å². The molecular weight excluding hydrogens is 250 g/mol. The van der Waals surface area contributed by atoms with Crippen molar-refractivity contribution in [1.29, 1.82) is 0 Å². The lowest BCUT2D eigenvalue weighted by Crippen LogP contribution is -2.04. The van der Waals surface area contributed by atoms with Gasteiger partial charge in [0.05, 0.1) is 0 Å².